The summed E-state index contributed by atoms with van der Waals surface area (Å²) < 4.78 is 2.06. The zero-order chi connectivity index (χ0) is 22.0. The Morgan fingerprint density at radius 3 is 2.32 bits per heavy atom. The molecule has 4 aromatic rings. The lowest BCUT2D eigenvalue weighted by Gasteiger charge is -2.12. The quantitative estimate of drug-likeness (QED) is 0.435. The van der Waals surface area contributed by atoms with E-state index in [1.54, 1.807) is 12.1 Å². The Hall–Kier alpha value is -3.57. The second kappa shape index (κ2) is 8.66. The molecule has 3 aromatic carbocycles. The first-order valence-electron chi connectivity index (χ1n) is 9.85. The maximum Gasteiger partial charge on any atom is 0.335 e. The minimum atomic E-state index is -0.973. The van der Waals surface area contributed by atoms with Crippen molar-refractivity contribution in [1.29, 1.82) is 0 Å². The van der Waals surface area contributed by atoms with Gasteiger partial charge >= 0.3 is 5.97 Å². The topological polar surface area (TPSA) is 71.3 Å². The number of benzene rings is 3. The van der Waals surface area contributed by atoms with Crippen LogP contribution in [0.2, 0.25) is 5.02 Å². The number of amides is 1. The third-order valence-corrected chi connectivity index (χ3v) is 5.42. The minimum absolute atomic E-state index is 0.174. The van der Waals surface area contributed by atoms with Crippen molar-refractivity contribution in [3.63, 3.8) is 0 Å². The van der Waals surface area contributed by atoms with Crippen LogP contribution in [0.5, 0.6) is 0 Å². The van der Waals surface area contributed by atoms with Crippen LogP contribution in [-0.4, -0.2) is 21.6 Å². The molecule has 2 N–H and O–H groups in total. The number of hydrogen-bond donors (Lipinski definition) is 2. The number of aromatic carboxylic acids is 1. The Balaban J connectivity index is 1.59. The summed E-state index contributed by atoms with van der Waals surface area (Å²) in [5.74, 6) is -1.15. The molecule has 156 valence electrons. The highest BCUT2D eigenvalue weighted by molar-refractivity contribution is 6.30. The van der Waals surface area contributed by atoms with Crippen molar-refractivity contribution in [3.8, 4) is 0 Å². The van der Waals surface area contributed by atoms with Crippen LogP contribution in [0.1, 0.15) is 37.4 Å². The number of carbonyl (C=O) groups excluding carboxylic acids is 1. The molecular weight excluding hydrogens is 412 g/mol. The normalized spacial score (nSPS) is 10.9. The maximum atomic E-state index is 13.1. The average molecular weight is 433 g/mol. The molecule has 1 amide bonds. The van der Waals surface area contributed by atoms with Crippen molar-refractivity contribution < 1.29 is 14.7 Å². The predicted octanol–water partition coefficient (Wildman–Crippen LogP) is 5.28. The molecule has 0 saturated heterocycles. The fourth-order valence-electron chi connectivity index (χ4n) is 3.63. The zero-order valence-corrected chi connectivity index (χ0v) is 17.7. The van der Waals surface area contributed by atoms with Crippen LogP contribution in [0, 0.1) is 6.92 Å². The number of aryl methyl sites for hydroxylation is 1. The minimum Gasteiger partial charge on any atom is -0.478 e. The molecule has 0 fully saturated rings. The predicted molar refractivity (Wildman–Crippen MR) is 122 cm³/mol. The smallest absolute Gasteiger partial charge is 0.335 e. The Kier molecular flexibility index (Phi) is 5.78. The molecule has 1 aromatic heterocycles. The first-order valence-corrected chi connectivity index (χ1v) is 10.2. The number of fused-ring (bicyclic) bond motifs is 1. The Morgan fingerprint density at radius 2 is 1.65 bits per heavy atom. The van der Waals surface area contributed by atoms with E-state index in [2.05, 4.69) is 16.0 Å². The third-order valence-electron chi connectivity index (χ3n) is 5.17. The van der Waals surface area contributed by atoms with E-state index < -0.39 is 5.97 Å². The highest BCUT2D eigenvalue weighted by Crippen LogP contribution is 2.24. The first kappa shape index (κ1) is 20.7. The molecule has 4 rings (SSSR count). The number of carboxylic acid groups (broad SMARTS) is 1. The molecule has 0 atom stereocenters. The van der Waals surface area contributed by atoms with Crippen LogP contribution < -0.4 is 5.32 Å². The number of carboxylic acids is 1. The fourth-order valence-corrected chi connectivity index (χ4v) is 3.76. The monoisotopic (exact) mass is 432 g/mol. The van der Waals surface area contributed by atoms with Gasteiger partial charge in [0.1, 0.15) is 0 Å². The van der Waals surface area contributed by atoms with Gasteiger partial charge in [-0.3, -0.25) is 4.79 Å². The number of carbonyl (C=O) groups is 2. The van der Waals surface area contributed by atoms with Crippen molar-refractivity contribution in [3.05, 3.63) is 106 Å². The van der Waals surface area contributed by atoms with Gasteiger partial charge in [-0.25, -0.2) is 4.79 Å². The van der Waals surface area contributed by atoms with Crippen molar-refractivity contribution >= 4 is 34.4 Å². The molecule has 0 saturated carbocycles. The van der Waals surface area contributed by atoms with Crippen molar-refractivity contribution in [1.82, 2.24) is 9.88 Å². The molecule has 1 heterocycles. The molecular formula is C25H21ClN2O3. The molecule has 0 bridgehead atoms. The Labute approximate surface area is 184 Å². The molecule has 0 unspecified atom stereocenters. The van der Waals surface area contributed by atoms with Gasteiger partial charge in [-0.2, -0.15) is 0 Å². The average Bonchev–Trinajstić information content (AvgIpc) is 3.15. The summed E-state index contributed by atoms with van der Waals surface area (Å²) in [6.45, 7) is 2.91. The highest BCUT2D eigenvalue weighted by atomic mass is 35.5. The summed E-state index contributed by atoms with van der Waals surface area (Å²) in [5.41, 5.74) is 4.63. The lowest BCUT2D eigenvalue weighted by Crippen LogP contribution is -2.23. The van der Waals surface area contributed by atoms with E-state index in [9.17, 15) is 9.59 Å². The van der Waals surface area contributed by atoms with Crippen LogP contribution in [-0.2, 0) is 13.1 Å². The summed E-state index contributed by atoms with van der Waals surface area (Å²) in [6, 6.07) is 20.1. The molecule has 31 heavy (non-hydrogen) atoms. The lowest BCUT2D eigenvalue weighted by atomic mass is 10.1. The van der Waals surface area contributed by atoms with Gasteiger partial charge in [0, 0.05) is 29.7 Å². The van der Waals surface area contributed by atoms with E-state index in [0.717, 1.165) is 27.6 Å². The van der Waals surface area contributed by atoms with Crippen LogP contribution >= 0.6 is 11.6 Å². The van der Waals surface area contributed by atoms with Gasteiger partial charge in [-0.05, 0) is 66.1 Å². The summed E-state index contributed by atoms with van der Waals surface area (Å²) in [4.78, 5) is 24.1. The third kappa shape index (κ3) is 4.62. The lowest BCUT2D eigenvalue weighted by molar-refractivity contribution is 0.0696. The molecule has 0 aliphatic rings. The van der Waals surface area contributed by atoms with E-state index in [1.165, 1.54) is 12.1 Å². The van der Waals surface area contributed by atoms with Crippen LogP contribution in [0.15, 0.2) is 72.9 Å². The summed E-state index contributed by atoms with van der Waals surface area (Å²) in [5, 5.41) is 13.7. The van der Waals surface area contributed by atoms with Crippen molar-refractivity contribution in [2.24, 2.45) is 0 Å². The second-order valence-corrected chi connectivity index (χ2v) is 7.94. The van der Waals surface area contributed by atoms with Gasteiger partial charge < -0.3 is 15.0 Å². The highest BCUT2D eigenvalue weighted by Gasteiger charge is 2.15. The number of rotatable bonds is 6. The van der Waals surface area contributed by atoms with E-state index in [1.807, 2.05) is 49.5 Å². The Bertz CT molecular complexity index is 1260. The number of nitrogens with one attached hydrogen (secondary N) is 1. The van der Waals surface area contributed by atoms with E-state index in [0.29, 0.717) is 23.7 Å². The van der Waals surface area contributed by atoms with Gasteiger partial charge in [-0.1, -0.05) is 35.9 Å². The Morgan fingerprint density at radius 1 is 0.968 bits per heavy atom. The summed E-state index contributed by atoms with van der Waals surface area (Å²) in [7, 11) is 0. The standard InChI is InChI=1S/C25H21ClN2O3/c1-16-12-20-10-11-28(15-18-4-8-21(26)9-5-18)23(20)22(13-16)24(29)27-14-17-2-6-19(7-3-17)25(30)31/h2-13H,14-15H2,1H3,(H,27,29)(H,30,31). The van der Waals surface area contributed by atoms with Gasteiger partial charge in [0.15, 0.2) is 0 Å². The van der Waals surface area contributed by atoms with Crippen molar-refractivity contribution in [2.75, 3.05) is 0 Å². The number of hydrogen-bond acceptors (Lipinski definition) is 2. The zero-order valence-electron chi connectivity index (χ0n) is 16.9. The van der Waals surface area contributed by atoms with Gasteiger partial charge in [0.25, 0.3) is 5.91 Å². The number of halogens is 1. The first-order chi connectivity index (χ1) is 14.9. The van der Waals surface area contributed by atoms with Gasteiger partial charge in [-0.15, -0.1) is 0 Å². The van der Waals surface area contributed by atoms with E-state index in [-0.39, 0.29) is 11.5 Å². The number of aromatic nitrogens is 1. The molecule has 0 spiro atoms. The molecule has 5 nitrogen and oxygen atoms in total. The fraction of sp³-hybridized carbons (Fsp3) is 0.120. The van der Waals surface area contributed by atoms with Crippen LogP contribution in [0.4, 0.5) is 0 Å². The molecule has 6 heteroatoms. The SMILES string of the molecule is Cc1cc(C(=O)NCc2ccc(C(=O)O)cc2)c2c(ccn2Cc2ccc(Cl)cc2)c1. The number of nitrogens with zero attached hydrogens (tertiary/aromatic N) is 1. The van der Waals surface area contributed by atoms with Gasteiger partial charge in [0.05, 0.1) is 16.6 Å². The molecule has 0 aliphatic carbocycles. The van der Waals surface area contributed by atoms with E-state index >= 15 is 0 Å². The molecule has 0 aliphatic heterocycles. The summed E-state index contributed by atoms with van der Waals surface area (Å²) >= 11 is 5.99. The second-order valence-electron chi connectivity index (χ2n) is 7.51. The van der Waals surface area contributed by atoms with Crippen molar-refractivity contribution in [2.45, 2.75) is 20.0 Å². The van der Waals surface area contributed by atoms with Gasteiger partial charge in [0.2, 0.25) is 0 Å². The summed E-state index contributed by atoms with van der Waals surface area (Å²) in [6.07, 6.45) is 1.99. The largest absolute Gasteiger partial charge is 0.478 e. The molecule has 0 radical (unpaired) electrons. The van der Waals surface area contributed by atoms with Crippen LogP contribution in [0.25, 0.3) is 10.9 Å². The maximum absolute atomic E-state index is 13.1. The van der Waals surface area contributed by atoms with Crippen LogP contribution in [0.3, 0.4) is 0 Å². The van der Waals surface area contributed by atoms with E-state index in [4.69, 9.17) is 16.7 Å².